The van der Waals surface area contributed by atoms with E-state index in [0.717, 1.165) is 22.4 Å². The van der Waals surface area contributed by atoms with E-state index in [1.54, 1.807) is 0 Å². The van der Waals surface area contributed by atoms with Gasteiger partial charge in [-0.25, -0.2) is 0 Å². The minimum absolute atomic E-state index is 0.542. The summed E-state index contributed by atoms with van der Waals surface area (Å²) in [4.78, 5) is 0. The van der Waals surface area contributed by atoms with Gasteiger partial charge in [-0.05, 0) is 23.3 Å². The number of nitrogen functional groups attached to an aromatic ring is 1. The van der Waals surface area contributed by atoms with E-state index in [-0.39, 0.29) is 0 Å². The second-order valence-corrected chi connectivity index (χ2v) is 3.49. The molecule has 4 N–H and O–H groups in total. The van der Waals surface area contributed by atoms with Gasteiger partial charge in [-0.2, -0.15) is 0 Å². The van der Waals surface area contributed by atoms with Crippen molar-refractivity contribution in [2.24, 2.45) is 5.73 Å². The Balaban J connectivity index is 2.52. The highest BCUT2D eigenvalue weighted by molar-refractivity contribution is 5.76. The lowest BCUT2D eigenvalue weighted by Gasteiger charge is -2.07. The van der Waals surface area contributed by atoms with E-state index < -0.39 is 0 Å². The molecule has 0 unspecified atom stereocenters. The van der Waals surface area contributed by atoms with Gasteiger partial charge < -0.3 is 11.5 Å². The lowest BCUT2D eigenvalue weighted by atomic mass is 10.0. The lowest BCUT2D eigenvalue weighted by Crippen LogP contribution is -1.98. The molecule has 2 rings (SSSR count). The van der Waals surface area contributed by atoms with Crippen molar-refractivity contribution in [3.63, 3.8) is 0 Å². The van der Waals surface area contributed by atoms with Crippen molar-refractivity contribution in [3.05, 3.63) is 54.1 Å². The number of nitrogens with two attached hydrogens (primary N) is 2. The van der Waals surface area contributed by atoms with Gasteiger partial charge in [0.1, 0.15) is 0 Å². The molecule has 15 heavy (non-hydrogen) atoms. The zero-order valence-corrected chi connectivity index (χ0v) is 8.48. The van der Waals surface area contributed by atoms with Crippen LogP contribution in [0.1, 0.15) is 5.56 Å². The first-order chi connectivity index (χ1) is 7.31. The minimum Gasteiger partial charge on any atom is -0.398 e. The van der Waals surface area contributed by atoms with Gasteiger partial charge in [-0.3, -0.25) is 0 Å². The molecule has 76 valence electrons. The number of rotatable bonds is 2. The van der Waals surface area contributed by atoms with E-state index in [2.05, 4.69) is 0 Å². The van der Waals surface area contributed by atoms with Crippen LogP contribution in [-0.2, 0) is 6.54 Å². The van der Waals surface area contributed by atoms with Gasteiger partial charge >= 0.3 is 0 Å². The topological polar surface area (TPSA) is 52.0 Å². The lowest BCUT2D eigenvalue weighted by molar-refractivity contribution is 1.07. The van der Waals surface area contributed by atoms with E-state index >= 15 is 0 Å². The van der Waals surface area contributed by atoms with Crippen LogP contribution >= 0.6 is 0 Å². The van der Waals surface area contributed by atoms with Crippen molar-refractivity contribution in [1.29, 1.82) is 0 Å². The van der Waals surface area contributed by atoms with Gasteiger partial charge in [-0.1, -0.05) is 36.4 Å². The average Bonchev–Trinajstić information content (AvgIpc) is 2.31. The first-order valence-corrected chi connectivity index (χ1v) is 4.95. The van der Waals surface area contributed by atoms with E-state index in [1.165, 1.54) is 0 Å². The molecule has 2 aromatic carbocycles. The van der Waals surface area contributed by atoms with Crippen LogP contribution in [0.5, 0.6) is 0 Å². The van der Waals surface area contributed by atoms with Gasteiger partial charge in [0.05, 0.1) is 0 Å². The predicted octanol–water partition coefficient (Wildman–Crippen LogP) is 2.39. The average molecular weight is 198 g/mol. The Bertz CT molecular complexity index is 449. The summed E-state index contributed by atoms with van der Waals surface area (Å²) in [5.74, 6) is 0. The number of hydrogen-bond donors (Lipinski definition) is 2. The highest BCUT2D eigenvalue weighted by atomic mass is 14.6. The third-order valence-corrected chi connectivity index (χ3v) is 2.44. The fourth-order valence-electron chi connectivity index (χ4n) is 1.60. The first kappa shape index (κ1) is 9.74. The molecule has 0 radical (unpaired) electrons. The third kappa shape index (κ3) is 2.00. The van der Waals surface area contributed by atoms with E-state index in [4.69, 9.17) is 11.5 Å². The molecule has 2 heteroatoms. The molecule has 0 aliphatic heterocycles. The maximum absolute atomic E-state index is 5.94. The number of anilines is 1. The Morgan fingerprint density at radius 2 is 1.67 bits per heavy atom. The minimum atomic E-state index is 0.542. The van der Waals surface area contributed by atoms with Crippen LogP contribution in [-0.4, -0.2) is 0 Å². The fourth-order valence-corrected chi connectivity index (χ4v) is 1.60. The summed E-state index contributed by atoms with van der Waals surface area (Å²) in [6.45, 7) is 0.542. The second-order valence-electron chi connectivity index (χ2n) is 3.49. The standard InChI is InChI=1S/C13H14N2/c14-9-10-6-7-13(15)12(8-10)11-4-2-1-3-5-11/h1-8H,9,14-15H2. The van der Waals surface area contributed by atoms with Crippen LogP contribution in [0.3, 0.4) is 0 Å². The summed E-state index contributed by atoms with van der Waals surface area (Å²) >= 11 is 0. The summed E-state index contributed by atoms with van der Waals surface area (Å²) in [5, 5.41) is 0. The van der Waals surface area contributed by atoms with Crippen molar-refractivity contribution >= 4 is 5.69 Å². The van der Waals surface area contributed by atoms with Gasteiger partial charge in [0.2, 0.25) is 0 Å². The number of hydrogen-bond acceptors (Lipinski definition) is 2. The van der Waals surface area contributed by atoms with Crippen LogP contribution in [0.25, 0.3) is 11.1 Å². The Morgan fingerprint density at radius 1 is 0.933 bits per heavy atom. The molecule has 0 heterocycles. The monoisotopic (exact) mass is 198 g/mol. The maximum Gasteiger partial charge on any atom is 0.0393 e. The van der Waals surface area contributed by atoms with Crippen LogP contribution in [0.15, 0.2) is 48.5 Å². The summed E-state index contributed by atoms with van der Waals surface area (Å²) in [6, 6.07) is 16.0. The fraction of sp³-hybridized carbons (Fsp3) is 0.0769. The van der Waals surface area contributed by atoms with Crippen LogP contribution in [0.4, 0.5) is 5.69 Å². The third-order valence-electron chi connectivity index (χ3n) is 2.44. The molecule has 0 bridgehead atoms. The molecule has 0 aromatic heterocycles. The summed E-state index contributed by atoms with van der Waals surface area (Å²) in [6.07, 6.45) is 0. The van der Waals surface area contributed by atoms with Crippen molar-refractivity contribution in [2.75, 3.05) is 5.73 Å². The van der Waals surface area contributed by atoms with E-state index in [0.29, 0.717) is 6.54 Å². The molecule has 0 aliphatic rings. The van der Waals surface area contributed by atoms with Crippen molar-refractivity contribution < 1.29 is 0 Å². The van der Waals surface area contributed by atoms with Gasteiger partial charge in [0.15, 0.2) is 0 Å². The Kier molecular flexibility index (Phi) is 2.70. The van der Waals surface area contributed by atoms with Crippen LogP contribution < -0.4 is 11.5 Å². The maximum atomic E-state index is 5.94. The highest BCUT2D eigenvalue weighted by Crippen LogP contribution is 2.26. The molecule has 2 nitrogen and oxygen atoms in total. The van der Waals surface area contributed by atoms with E-state index in [9.17, 15) is 0 Å². The first-order valence-electron chi connectivity index (χ1n) is 4.95. The van der Waals surface area contributed by atoms with E-state index in [1.807, 2.05) is 48.5 Å². The molecule has 0 saturated carbocycles. The summed E-state index contributed by atoms with van der Waals surface area (Å²) < 4.78 is 0. The molecular formula is C13H14N2. The molecule has 0 amide bonds. The van der Waals surface area contributed by atoms with Gasteiger partial charge in [0, 0.05) is 17.8 Å². The zero-order valence-electron chi connectivity index (χ0n) is 8.48. The predicted molar refractivity (Wildman–Crippen MR) is 64.2 cm³/mol. The van der Waals surface area contributed by atoms with Crippen LogP contribution in [0, 0.1) is 0 Å². The summed E-state index contributed by atoms with van der Waals surface area (Å²) in [5.41, 5.74) is 15.6. The molecule has 0 saturated heterocycles. The largest absolute Gasteiger partial charge is 0.398 e. The smallest absolute Gasteiger partial charge is 0.0393 e. The normalized spacial score (nSPS) is 10.2. The molecule has 0 atom stereocenters. The molecular weight excluding hydrogens is 184 g/mol. The quantitative estimate of drug-likeness (QED) is 0.728. The molecule has 0 fully saturated rings. The SMILES string of the molecule is NCc1ccc(N)c(-c2ccccc2)c1. The molecule has 0 aliphatic carbocycles. The highest BCUT2D eigenvalue weighted by Gasteiger charge is 2.02. The molecule has 2 aromatic rings. The van der Waals surface area contributed by atoms with Gasteiger partial charge in [0.25, 0.3) is 0 Å². The number of benzene rings is 2. The second kappa shape index (κ2) is 4.15. The Hall–Kier alpha value is -1.80. The van der Waals surface area contributed by atoms with Crippen molar-refractivity contribution in [1.82, 2.24) is 0 Å². The Labute approximate surface area is 89.5 Å². The Morgan fingerprint density at radius 3 is 2.33 bits per heavy atom. The molecule has 0 spiro atoms. The van der Waals surface area contributed by atoms with Crippen molar-refractivity contribution in [2.45, 2.75) is 6.54 Å². The summed E-state index contributed by atoms with van der Waals surface area (Å²) in [7, 11) is 0. The van der Waals surface area contributed by atoms with Gasteiger partial charge in [-0.15, -0.1) is 0 Å². The van der Waals surface area contributed by atoms with Crippen LogP contribution in [0.2, 0.25) is 0 Å². The van der Waals surface area contributed by atoms with Crippen molar-refractivity contribution in [3.8, 4) is 11.1 Å². The zero-order chi connectivity index (χ0) is 10.7.